The summed E-state index contributed by atoms with van der Waals surface area (Å²) in [7, 11) is 0. The fourth-order valence-corrected chi connectivity index (χ4v) is 1.43. The van der Waals surface area contributed by atoms with Crippen LogP contribution in [-0.2, 0) is 6.54 Å². The molecule has 12 heavy (non-hydrogen) atoms. The first-order valence-electron chi connectivity index (χ1n) is 4.54. The maximum atomic E-state index is 5.79. The van der Waals surface area contributed by atoms with E-state index < -0.39 is 0 Å². The van der Waals surface area contributed by atoms with Gasteiger partial charge in [0.1, 0.15) is 0 Å². The molecule has 1 aliphatic rings. The molecule has 66 valence electrons. The first-order valence-corrected chi connectivity index (χ1v) is 4.54. The molecule has 1 aromatic heterocycles. The molecule has 3 nitrogen and oxygen atoms in total. The van der Waals surface area contributed by atoms with Gasteiger partial charge in [-0.2, -0.15) is 5.10 Å². The van der Waals surface area contributed by atoms with Gasteiger partial charge in [0, 0.05) is 18.8 Å². The van der Waals surface area contributed by atoms with Gasteiger partial charge < -0.3 is 5.73 Å². The smallest absolute Gasteiger partial charge is 0.0548 e. The normalized spacial score (nSPS) is 19.5. The molecule has 1 atom stereocenters. The highest BCUT2D eigenvalue weighted by Crippen LogP contribution is 2.31. The quantitative estimate of drug-likeness (QED) is 0.734. The summed E-state index contributed by atoms with van der Waals surface area (Å²) in [6.45, 7) is 3.06. The highest BCUT2D eigenvalue weighted by molar-refractivity contribution is 5.05. The zero-order valence-electron chi connectivity index (χ0n) is 7.40. The standard InChI is InChI=1S/C9H15N3/c1-7(10)9-4-5-11-12(9)6-8-2-3-8/h4-5,7-8H,2-3,6,10H2,1H3. The topological polar surface area (TPSA) is 43.8 Å². The van der Waals surface area contributed by atoms with Gasteiger partial charge in [-0.3, -0.25) is 4.68 Å². The van der Waals surface area contributed by atoms with Crippen LogP contribution < -0.4 is 5.73 Å². The Morgan fingerprint density at radius 2 is 2.50 bits per heavy atom. The van der Waals surface area contributed by atoms with E-state index in [2.05, 4.69) is 5.10 Å². The van der Waals surface area contributed by atoms with Crippen LogP contribution in [0, 0.1) is 5.92 Å². The van der Waals surface area contributed by atoms with Crippen LogP contribution in [0.2, 0.25) is 0 Å². The van der Waals surface area contributed by atoms with Crippen molar-refractivity contribution in [1.29, 1.82) is 0 Å². The van der Waals surface area contributed by atoms with Gasteiger partial charge >= 0.3 is 0 Å². The molecule has 1 unspecified atom stereocenters. The zero-order valence-corrected chi connectivity index (χ0v) is 7.40. The van der Waals surface area contributed by atoms with Crippen molar-refractivity contribution < 1.29 is 0 Å². The van der Waals surface area contributed by atoms with Gasteiger partial charge in [-0.15, -0.1) is 0 Å². The third-order valence-electron chi connectivity index (χ3n) is 2.34. The van der Waals surface area contributed by atoms with E-state index in [0.717, 1.165) is 18.2 Å². The lowest BCUT2D eigenvalue weighted by Crippen LogP contribution is -2.14. The molecule has 1 saturated carbocycles. The summed E-state index contributed by atoms with van der Waals surface area (Å²) < 4.78 is 2.04. The minimum atomic E-state index is 0.103. The Bertz CT molecular complexity index is 260. The average molecular weight is 165 g/mol. The van der Waals surface area contributed by atoms with Gasteiger partial charge in [0.25, 0.3) is 0 Å². The minimum absolute atomic E-state index is 0.103. The van der Waals surface area contributed by atoms with Crippen LogP contribution in [0.1, 0.15) is 31.5 Å². The van der Waals surface area contributed by atoms with Crippen LogP contribution in [0.15, 0.2) is 12.3 Å². The number of hydrogen-bond acceptors (Lipinski definition) is 2. The van der Waals surface area contributed by atoms with E-state index in [0.29, 0.717) is 0 Å². The van der Waals surface area contributed by atoms with Gasteiger partial charge in [-0.1, -0.05) is 0 Å². The van der Waals surface area contributed by atoms with Crippen molar-refractivity contribution >= 4 is 0 Å². The molecule has 0 spiro atoms. The molecule has 1 aliphatic carbocycles. The van der Waals surface area contributed by atoms with E-state index >= 15 is 0 Å². The van der Waals surface area contributed by atoms with Crippen molar-refractivity contribution in [3.05, 3.63) is 18.0 Å². The second-order valence-corrected chi connectivity index (χ2v) is 3.67. The van der Waals surface area contributed by atoms with Crippen molar-refractivity contribution in [2.24, 2.45) is 11.7 Å². The van der Waals surface area contributed by atoms with Crippen molar-refractivity contribution in [1.82, 2.24) is 9.78 Å². The molecule has 1 heterocycles. The molecular weight excluding hydrogens is 150 g/mol. The SMILES string of the molecule is CC(N)c1ccnn1CC1CC1. The Kier molecular flexibility index (Phi) is 1.89. The van der Waals surface area contributed by atoms with Crippen LogP contribution in [0.4, 0.5) is 0 Å². The van der Waals surface area contributed by atoms with E-state index in [1.807, 2.05) is 23.9 Å². The average Bonchev–Trinajstić information content (AvgIpc) is 2.66. The summed E-state index contributed by atoms with van der Waals surface area (Å²) in [5.74, 6) is 0.863. The predicted molar refractivity (Wildman–Crippen MR) is 47.6 cm³/mol. The number of nitrogens with zero attached hydrogens (tertiary/aromatic N) is 2. The van der Waals surface area contributed by atoms with E-state index in [1.54, 1.807) is 0 Å². The maximum Gasteiger partial charge on any atom is 0.0548 e. The molecule has 0 radical (unpaired) electrons. The number of rotatable bonds is 3. The fourth-order valence-electron chi connectivity index (χ4n) is 1.43. The summed E-state index contributed by atoms with van der Waals surface area (Å²) in [5, 5.41) is 4.25. The van der Waals surface area contributed by atoms with Gasteiger partial charge in [0.05, 0.1) is 5.69 Å². The lowest BCUT2D eigenvalue weighted by molar-refractivity contribution is 0.522. The summed E-state index contributed by atoms with van der Waals surface area (Å²) >= 11 is 0. The molecule has 1 aromatic rings. The van der Waals surface area contributed by atoms with Crippen LogP contribution >= 0.6 is 0 Å². The number of hydrogen-bond donors (Lipinski definition) is 1. The predicted octanol–water partition coefficient (Wildman–Crippen LogP) is 1.31. The first-order chi connectivity index (χ1) is 5.77. The second-order valence-electron chi connectivity index (χ2n) is 3.67. The van der Waals surface area contributed by atoms with Gasteiger partial charge in [0.2, 0.25) is 0 Å². The molecule has 0 aliphatic heterocycles. The highest BCUT2D eigenvalue weighted by Gasteiger charge is 2.23. The van der Waals surface area contributed by atoms with Gasteiger partial charge in [-0.25, -0.2) is 0 Å². The van der Waals surface area contributed by atoms with Crippen LogP contribution in [0.5, 0.6) is 0 Å². The van der Waals surface area contributed by atoms with Crippen LogP contribution in [0.3, 0.4) is 0 Å². The minimum Gasteiger partial charge on any atom is -0.323 e. The molecule has 0 saturated heterocycles. The van der Waals surface area contributed by atoms with Gasteiger partial charge in [-0.05, 0) is 31.7 Å². The molecule has 3 heteroatoms. The largest absolute Gasteiger partial charge is 0.323 e. The van der Waals surface area contributed by atoms with Gasteiger partial charge in [0.15, 0.2) is 0 Å². The summed E-state index contributed by atoms with van der Waals surface area (Å²) in [4.78, 5) is 0. The molecule has 0 bridgehead atoms. The summed E-state index contributed by atoms with van der Waals surface area (Å²) in [6.07, 6.45) is 4.55. The number of aromatic nitrogens is 2. The van der Waals surface area contributed by atoms with E-state index in [1.165, 1.54) is 12.8 Å². The molecule has 0 amide bonds. The van der Waals surface area contributed by atoms with E-state index in [-0.39, 0.29) is 6.04 Å². The van der Waals surface area contributed by atoms with Crippen molar-refractivity contribution in [2.75, 3.05) is 0 Å². The molecular formula is C9H15N3. The molecule has 2 N–H and O–H groups in total. The Morgan fingerprint density at radius 3 is 3.08 bits per heavy atom. The summed E-state index contributed by atoms with van der Waals surface area (Å²) in [5.41, 5.74) is 6.95. The Morgan fingerprint density at radius 1 is 1.75 bits per heavy atom. The van der Waals surface area contributed by atoms with Crippen LogP contribution in [0.25, 0.3) is 0 Å². The molecule has 1 fully saturated rings. The first kappa shape index (κ1) is 7.80. The number of nitrogens with two attached hydrogens (primary N) is 1. The lowest BCUT2D eigenvalue weighted by atomic mass is 10.2. The second kappa shape index (κ2) is 2.90. The Hall–Kier alpha value is -0.830. The zero-order chi connectivity index (χ0) is 8.55. The Labute approximate surface area is 72.6 Å². The summed E-state index contributed by atoms with van der Waals surface area (Å²) in [6, 6.07) is 2.11. The lowest BCUT2D eigenvalue weighted by Gasteiger charge is -2.08. The Balaban J connectivity index is 2.11. The molecule has 0 aromatic carbocycles. The van der Waals surface area contributed by atoms with Crippen molar-refractivity contribution in [3.8, 4) is 0 Å². The van der Waals surface area contributed by atoms with E-state index in [9.17, 15) is 0 Å². The van der Waals surface area contributed by atoms with Crippen molar-refractivity contribution in [3.63, 3.8) is 0 Å². The van der Waals surface area contributed by atoms with Crippen molar-refractivity contribution in [2.45, 2.75) is 32.4 Å². The molecule has 2 rings (SSSR count). The maximum absolute atomic E-state index is 5.79. The third-order valence-corrected chi connectivity index (χ3v) is 2.34. The fraction of sp³-hybridized carbons (Fsp3) is 0.667. The third kappa shape index (κ3) is 1.50. The highest BCUT2D eigenvalue weighted by atomic mass is 15.3. The monoisotopic (exact) mass is 165 g/mol. The van der Waals surface area contributed by atoms with E-state index in [4.69, 9.17) is 5.73 Å². The van der Waals surface area contributed by atoms with Crippen LogP contribution in [-0.4, -0.2) is 9.78 Å².